The van der Waals surface area contributed by atoms with Crippen molar-refractivity contribution >= 4 is 24.1 Å². The monoisotopic (exact) mass is 384 g/mol. The summed E-state index contributed by atoms with van der Waals surface area (Å²) >= 11 is 0. The highest BCUT2D eigenvalue weighted by atomic mass is 35.5. The molecule has 1 aromatic rings. The molecule has 6 nitrogen and oxygen atoms in total. The predicted molar refractivity (Wildman–Crippen MR) is 106 cm³/mol. The molecule has 0 radical (unpaired) electrons. The maximum absolute atomic E-state index is 12.3. The number of nitrogens with zero attached hydrogens (tertiary/aromatic N) is 1. The highest BCUT2D eigenvalue weighted by Crippen LogP contribution is 2.43. The Hall–Kier alpha value is -1.11. The molecule has 2 aliphatic rings. The lowest BCUT2D eigenvalue weighted by atomic mass is 9.69. The van der Waals surface area contributed by atoms with Gasteiger partial charge in [-0.1, -0.05) is 20.8 Å². The van der Waals surface area contributed by atoms with E-state index in [0.717, 1.165) is 24.5 Å². The number of hydrogen-bond donors (Lipinski definition) is 3. The van der Waals surface area contributed by atoms with Crippen LogP contribution in [0.4, 0.5) is 5.82 Å². The van der Waals surface area contributed by atoms with Gasteiger partial charge in [-0.15, -0.1) is 12.4 Å². The molecular formula is C19H33ClN4O2. The number of H-pyrrole nitrogens is 1. The maximum Gasteiger partial charge on any atom is 0.254 e. The molecule has 4 N–H and O–H groups in total. The fraction of sp³-hybridized carbons (Fsp3) is 0.789. The number of carbonyl (C=O) groups excluding carboxylic acids is 1. The Kier molecular flexibility index (Phi) is 7.11. The van der Waals surface area contributed by atoms with Gasteiger partial charge < -0.3 is 15.8 Å². The second-order valence-corrected chi connectivity index (χ2v) is 8.67. The van der Waals surface area contributed by atoms with Crippen molar-refractivity contribution in [2.24, 2.45) is 17.1 Å². The smallest absolute Gasteiger partial charge is 0.254 e. The van der Waals surface area contributed by atoms with E-state index in [4.69, 9.17) is 10.5 Å². The van der Waals surface area contributed by atoms with Crippen molar-refractivity contribution in [3.05, 3.63) is 11.8 Å². The SMILES string of the molecule is CC(C)(C)C1CCC(c2cc(NC(=O)[C@@H]3CC[C@H](CN)O3)n[nH]2)CC1.Cl. The lowest BCUT2D eigenvalue weighted by molar-refractivity contribution is -0.126. The predicted octanol–water partition coefficient (Wildman–Crippen LogP) is 3.60. The van der Waals surface area contributed by atoms with Crippen molar-refractivity contribution in [1.29, 1.82) is 0 Å². The molecule has 0 bridgehead atoms. The van der Waals surface area contributed by atoms with Gasteiger partial charge >= 0.3 is 0 Å². The van der Waals surface area contributed by atoms with E-state index < -0.39 is 6.10 Å². The Morgan fingerprint density at radius 1 is 1.27 bits per heavy atom. The number of aromatic nitrogens is 2. The fourth-order valence-electron chi connectivity index (χ4n) is 4.16. The molecule has 2 atom stereocenters. The molecule has 3 rings (SSSR count). The summed E-state index contributed by atoms with van der Waals surface area (Å²) in [7, 11) is 0. The summed E-state index contributed by atoms with van der Waals surface area (Å²) < 4.78 is 5.64. The summed E-state index contributed by atoms with van der Waals surface area (Å²) in [4.78, 5) is 12.3. The number of carbonyl (C=O) groups is 1. The molecule has 1 aliphatic carbocycles. The van der Waals surface area contributed by atoms with Gasteiger partial charge in [0, 0.05) is 24.2 Å². The first-order valence-corrected chi connectivity index (χ1v) is 9.58. The number of aromatic amines is 1. The first-order valence-electron chi connectivity index (χ1n) is 9.58. The zero-order chi connectivity index (χ0) is 18.0. The van der Waals surface area contributed by atoms with Crippen LogP contribution in [0.15, 0.2) is 6.07 Å². The molecular weight excluding hydrogens is 352 g/mol. The number of hydrogen-bond acceptors (Lipinski definition) is 4. The Bertz CT molecular complexity index is 591. The van der Waals surface area contributed by atoms with Crippen molar-refractivity contribution in [1.82, 2.24) is 10.2 Å². The third-order valence-corrected chi connectivity index (χ3v) is 5.90. The first-order chi connectivity index (χ1) is 11.9. The highest BCUT2D eigenvalue weighted by molar-refractivity contribution is 5.93. The van der Waals surface area contributed by atoms with E-state index in [1.807, 2.05) is 6.07 Å². The molecule has 2 heterocycles. The van der Waals surface area contributed by atoms with Crippen LogP contribution < -0.4 is 11.1 Å². The minimum atomic E-state index is -0.407. The highest BCUT2D eigenvalue weighted by Gasteiger charge is 2.32. The van der Waals surface area contributed by atoms with Crippen molar-refractivity contribution in [2.45, 2.75) is 77.4 Å². The Balaban J connectivity index is 0.00000243. The van der Waals surface area contributed by atoms with Crippen LogP contribution in [0.2, 0.25) is 0 Å². The van der Waals surface area contributed by atoms with Gasteiger partial charge in [0.1, 0.15) is 6.10 Å². The standard InChI is InChI=1S/C19H32N4O2.ClH/c1-19(2,3)13-6-4-12(5-7-13)15-10-17(23-22-15)21-18(24)16-9-8-14(11-20)25-16;/h10,12-14,16H,4-9,11,20H2,1-3H3,(H2,21,22,23,24);1H/t12?,13?,14-,16+;/m1./s1. The fourth-order valence-corrected chi connectivity index (χ4v) is 4.16. The van der Waals surface area contributed by atoms with Crippen LogP contribution >= 0.6 is 12.4 Å². The van der Waals surface area contributed by atoms with Gasteiger partial charge in [0.15, 0.2) is 5.82 Å². The van der Waals surface area contributed by atoms with Gasteiger partial charge in [0.25, 0.3) is 5.91 Å². The third kappa shape index (κ3) is 4.99. The van der Waals surface area contributed by atoms with Crippen LogP contribution in [-0.2, 0) is 9.53 Å². The molecule has 1 saturated heterocycles. The molecule has 0 aromatic carbocycles. The molecule has 148 valence electrons. The zero-order valence-corrected chi connectivity index (χ0v) is 16.9. The number of rotatable bonds is 4. The van der Waals surface area contributed by atoms with E-state index in [-0.39, 0.29) is 24.4 Å². The van der Waals surface area contributed by atoms with Gasteiger partial charge in [-0.25, -0.2) is 0 Å². The molecule has 1 saturated carbocycles. The van der Waals surface area contributed by atoms with Crippen LogP contribution in [-0.4, -0.2) is 34.9 Å². The van der Waals surface area contributed by atoms with E-state index in [9.17, 15) is 4.79 Å². The Morgan fingerprint density at radius 3 is 2.54 bits per heavy atom. The van der Waals surface area contributed by atoms with Gasteiger partial charge in [-0.3, -0.25) is 9.89 Å². The van der Waals surface area contributed by atoms with Crippen LogP contribution in [0.1, 0.15) is 70.9 Å². The molecule has 7 heteroatoms. The van der Waals surface area contributed by atoms with Crippen molar-refractivity contribution < 1.29 is 9.53 Å². The minimum absolute atomic E-state index is 0. The number of nitrogens with one attached hydrogen (secondary N) is 2. The summed E-state index contributed by atoms with van der Waals surface area (Å²) in [6.07, 6.45) is 6.04. The van der Waals surface area contributed by atoms with E-state index >= 15 is 0 Å². The van der Waals surface area contributed by atoms with Crippen LogP contribution in [0, 0.1) is 11.3 Å². The zero-order valence-electron chi connectivity index (χ0n) is 16.1. The van der Waals surface area contributed by atoms with Crippen molar-refractivity contribution in [3.8, 4) is 0 Å². The summed E-state index contributed by atoms with van der Waals surface area (Å²) in [5.41, 5.74) is 7.12. The van der Waals surface area contributed by atoms with Gasteiger partial charge in [-0.05, 0) is 49.9 Å². The van der Waals surface area contributed by atoms with Gasteiger partial charge in [0.2, 0.25) is 0 Å². The van der Waals surface area contributed by atoms with E-state index in [1.165, 1.54) is 25.7 Å². The number of anilines is 1. The third-order valence-electron chi connectivity index (χ3n) is 5.90. The van der Waals surface area contributed by atoms with E-state index in [1.54, 1.807) is 0 Å². The van der Waals surface area contributed by atoms with Crippen LogP contribution in [0.25, 0.3) is 0 Å². The second kappa shape index (κ2) is 8.72. The quantitative estimate of drug-likeness (QED) is 0.739. The number of amides is 1. The molecule has 1 aromatic heterocycles. The summed E-state index contributed by atoms with van der Waals surface area (Å²) in [5.74, 6) is 1.78. The molecule has 0 unspecified atom stereocenters. The molecule has 1 aliphatic heterocycles. The van der Waals surface area contributed by atoms with Crippen LogP contribution in [0.5, 0.6) is 0 Å². The van der Waals surface area contributed by atoms with Crippen molar-refractivity contribution in [3.63, 3.8) is 0 Å². The molecule has 0 spiro atoms. The summed E-state index contributed by atoms with van der Waals surface area (Å²) in [6.45, 7) is 7.47. The second-order valence-electron chi connectivity index (χ2n) is 8.67. The maximum atomic E-state index is 12.3. The molecule has 26 heavy (non-hydrogen) atoms. The van der Waals surface area contributed by atoms with Gasteiger partial charge in [-0.2, -0.15) is 5.10 Å². The van der Waals surface area contributed by atoms with E-state index in [0.29, 0.717) is 23.7 Å². The minimum Gasteiger partial charge on any atom is -0.364 e. The molecule has 2 fully saturated rings. The first kappa shape index (κ1) is 21.2. The van der Waals surface area contributed by atoms with E-state index in [2.05, 4.69) is 36.3 Å². The number of nitrogens with two attached hydrogens (primary N) is 1. The van der Waals surface area contributed by atoms with Gasteiger partial charge in [0.05, 0.1) is 6.10 Å². The summed E-state index contributed by atoms with van der Waals surface area (Å²) in [5, 5.41) is 10.3. The summed E-state index contributed by atoms with van der Waals surface area (Å²) in [6, 6.07) is 1.98. The largest absolute Gasteiger partial charge is 0.364 e. The average molecular weight is 385 g/mol. The van der Waals surface area contributed by atoms with Crippen LogP contribution in [0.3, 0.4) is 0 Å². The Morgan fingerprint density at radius 2 is 1.96 bits per heavy atom. The average Bonchev–Trinajstić information content (AvgIpc) is 3.23. The normalized spacial score (nSPS) is 29.2. The lowest BCUT2D eigenvalue weighted by Crippen LogP contribution is -2.29. The number of ether oxygens (including phenoxy) is 1. The lowest BCUT2D eigenvalue weighted by Gasteiger charge is -2.36. The molecule has 1 amide bonds. The number of halogens is 1. The van der Waals surface area contributed by atoms with Crippen molar-refractivity contribution in [2.75, 3.05) is 11.9 Å². The Labute approximate surface area is 162 Å². The topological polar surface area (TPSA) is 93.0 Å².